The van der Waals surface area contributed by atoms with E-state index in [0.29, 0.717) is 11.1 Å². The zero-order chi connectivity index (χ0) is 10.8. The first kappa shape index (κ1) is 9.65. The first-order valence-electron chi connectivity index (χ1n) is 4.58. The minimum Gasteiger partial charge on any atom is -0.508 e. The van der Waals surface area contributed by atoms with E-state index in [0.717, 1.165) is 5.56 Å². The fourth-order valence-corrected chi connectivity index (χ4v) is 1.47. The number of aryl methyl sites for hydroxylation is 1. The number of halogens is 1. The lowest BCUT2D eigenvalue weighted by Gasteiger charge is -2.06. The summed E-state index contributed by atoms with van der Waals surface area (Å²) in [5.41, 5.74) is 2.00. The van der Waals surface area contributed by atoms with Crippen molar-refractivity contribution < 1.29 is 9.50 Å². The smallest absolute Gasteiger partial charge is 0.131 e. The van der Waals surface area contributed by atoms with Crippen molar-refractivity contribution in [1.29, 1.82) is 0 Å². The summed E-state index contributed by atoms with van der Waals surface area (Å²) >= 11 is 0. The monoisotopic (exact) mass is 203 g/mol. The molecule has 0 saturated carbocycles. The highest BCUT2D eigenvalue weighted by molar-refractivity contribution is 5.68. The van der Waals surface area contributed by atoms with Gasteiger partial charge >= 0.3 is 0 Å². The van der Waals surface area contributed by atoms with Crippen molar-refractivity contribution in [2.24, 2.45) is 0 Å². The number of aromatic nitrogens is 1. The number of pyridine rings is 1. The Morgan fingerprint density at radius 2 is 2.00 bits per heavy atom. The average molecular weight is 203 g/mol. The average Bonchev–Trinajstić information content (AvgIpc) is 2.23. The van der Waals surface area contributed by atoms with Crippen molar-refractivity contribution in [2.75, 3.05) is 0 Å². The zero-order valence-corrected chi connectivity index (χ0v) is 8.24. The van der Waals surface area contributed by atoms with E-state index in [1.807, 2.05) is 6.92 Å². The summed E-state index contributed by atoms with van der Waals surface area (Å²) in [6.07, 6.45) is 3.24. The highest BCUT2D eigenvalue weighted by Gasteiger charge is 2.08. The minimum atomic E-state index is -0.357. The predicted molar refractivity (Wildman–Crippen MR) is 56.0 cm³/mol. The molecule has 2 nitrogen and oxygen atoms in total. The van der Waals surface area contributed by atoms with Crippen molar-refractivity contribution in [2.45, 2.75) is 6.92 Å². The number of phenolic OH excluding ortho intramolecular Hbond substituents is 1. The Morgan fingerprint density at radius 3 is 2.73 bits per heavy atom. The van der Waals surface area contributed by atoms with Gasteiger partial charge in [0, 0.05) is 23.5 Å². The lowest BCUT2D eigenvalue weighted by atomic mass is 10.0. The first-order valence-corrected chi connectivity index (χ1v) is 4.58. The van der Waals surface area contributed by atoms with Gasteiger partial charge in [-0.25, -0.2) is 4.39 Å². The molecule has 0 spiro atoms. The van der Waals surface area contributed by atoms with Gasteiger partial charge in [0.25, 0.3) is 0 Å². The van der Waals surface area contributed by atoms with Gasteiger partial charge < -0.3 is 5.11 Å². The summed E-state index contributed by atoms with van der Waals surface area (Å²) in [6, 6.07) is 5.78. The molecule has 2 aromatic rings. The number of benzene rings is 1. The maximum absolute atomic E-state index is 13.5. The largest absolute Gasteiger partial charge is 0.508 e. The summed E-state index contributed by atoms with van der Waals surface area (Å²) in [4.78, 5) is 3.94. The number of aromatic hydroxyl groups is 1. The van der Waals surface area contributed by atoms with Crippen LogP contribution in [0.25, 0.3) is 11.1 Å². The van der Waals surface area contributed by atoms with Gasteiger partial charge in [-0.2, -0.15) is 0 Å². The molecular weight excluding hydrogens is 193 g/mol. The molecule has 76 valence electrons. The molecule has 0 fully saturated rings. The molecule has 1 N–H and O–H groups in total. The molecule has 0 aliphatic heterocycles. The van der Waals surface area contributed by atoms with Crippen LogP contribution in [0.2, 0.25) is 0 Å². The maximum atomic E-state index is 13.5. The topological polar surface area (TPSA) is 33.1 Å². The molecule has 0 amide bonds. The summed E-state index contributed by atoms with van der Waals surface area (Å²) in [5, 5.41) is 9.30. The van der Waals surface area contributed by atoms with E-state index in [4.69, 9.17) is 0 Å². The highest BCUT2D eigenvalue weighted by Crippen LogP contribution is 2.28. The van der Waals surface area contributed by atoms with Crippen LogP contribution < -0.4 is 0 Å². The van der Waals surface area contributed by atoms with Crippen LogP contribution in [0, 0.1) is 12.7 Å². The Labute approximate surface area is 87.0 Å². The molecule has 15 heavy (non-hydrogen) atoms. The van der Waals surface area contributed by atoms with Gasteiger partial charge in [-0.1, -0.05) is 0 Å². The van der Waals surface area contributed by atoms with Crippen LogP contribution in [0.3, 0.4) is 0 Å². The molecule has 0 radical (unpaired) electrons. The van der Waals surface area contributed by atoms with E-state index >= 15 is 0 Å². The first-order chi connectivity index (χ1) is 7.18. The van der Waals surface area contributed by atoms with E-state index in [-0.39, 0.29) is 11.6 Å². The summed E-state index contributed by atoms with van der Waals surface area (Å²) in [5.74, 6) is -0.307. The van der Waals surface area contributed by atoms with Crippen LogP contribution in [0.1, 0.15) is 5.56 Å². The van der Waals surface area contributed by atoms with E-state index in [1.54, 1.807) is 18.5 Å². The van der Waals surface area contributed by atoms with E-state index in [2.05, 4.69) is 4.98 Å². The molecule has 1 aromatic carbocycles. The van der Waals surface area contributed by atoms with E-state index in [1.165, 1.54) is 18.2 Å². The molecule has 3 heteroatoms. The molecule has 0 bridgehead atoms. The Hall–Kier alpha value is -1.90. The van der Waals surface area contributed by atoms with Gasteiger partial charge in [0.1, 0.15) is 11.6 Å². The second-order valence-electron chi connectivity index (χ2n) is 3.35. The second kappa shape index (κ2) is 3.69. The van der Waals surface area contributed by atoms with Crippen LogP contribution in [0.15, 0.2) is 36.7 Å². The molecule has 0 unspecified atom stereocenters. The normalized spacial score (nSPS) is 10.3. The summed E-state index contributed by atoms with van der Waals surface area (Å²) < 4.78 is 13.5. The number of hydrogen-bond donors (Lipinski definition) is 1. The van der Waals surface area contributed by atoms with Crippen molar-refractivity contribution >= 4 is 0 Å². The van der Waals surface area contributed by atoms with E-state index < -0.39 is 0 Å². The number of hydrogen-bond acceptors (Lipinski definition) is 2. The SMILES string of the molecule is Cc1ccncc1-c1cc(O)ccc1F. The molecule has 0 aliphatic carbocycles. The fraction of sp³-hybridized carbons (Fsp3) is 0.0833. The third-order valence-corrected chi connectivity index (χ3v) is 2.28. The quantitative estimate of drug-likeness (QED) is 0.773. The van der Waals surface area contributed by atoms with Gasteiger partial charge in [0.05, 0.1) is 0 Å². The fourth-order valence-electron chi connectivity index (χ4n) is 1.47. The van der Waals surface area contributed by atoms with Crippen LogP contribution in [-0.4, -0.2) is 10.1 Å². The van der Waals surface area contributed by atoms with Gasteiger partial charge in [-0.05, 0) is 36.8 Å². The number of nitrogens with zero attached hydrogens (tertiary/aromatic N) is 1. The van der Waals surface area contributed by atoms with Crippen LogP contribution in [-0.2, 0) is 0 Å². The zero-order valence-electron chi connectivity index (χ0n) is 8.24. The van der Waals surface area contributed by atoms with Crippen molar-refractivity contribution in [3.05, 3.63) is 48.0 Å². The third kappa shape index (κ3) is 1.81. The Balaban J connectivity index is 2.64. The maximum Gasteiger partial charge on any atom is 0.131 e. The Bertz CT molecular complexity index is 497. The molecular formula is C12H10FNO. The van der Waals surface area contributed by atoms with Gasteiger partial charge in [-0.15, -0.1) is 0 Å². The van der Waals surface area contributed by atoms with Crippen LogP contribution in [0.5, 0.6) is 5.75 Å². The lowest BCUT2D eigenvalue weighted by Crippen LogP contribution is -1.88. The van der Waals surface area contributed by atoms with E-state index in [9.17, 15) is 9.50 Å². The van der Waals surface area contributed by atoms with Gasteiger partial charge in [0.2, 0.25) is 0 Å². The summed E-state index contributed by atoms with van der Waals surface area (Å²) in [6.45, 7) is 1.88. The summed E-state index contributed by atoms with van der Waals surface area (Å²) in [7, 11) is 0. The molecule has 0 aliphatic rings. The number of phenols is 1. The standard InChI is InChI=1S/C12H10FNO/c1-8-4-5-14-7-11(8)10-6-9(15)2-3-12(10)13/h2-7,15H,1H3. The second-order valence-corrected chi connectivity index (χ2v) is 3.35. The number of rotatable bonds is 1. The third-order valence-electron chi connectivity index (χ3n) is 2.28. The lowest BCUT2D eigenvalue weighted by molar-refractivity contribution is 0.473. The predicted octanol–water partition coefficient (Wildman–Crippen LogP) is 2.90. The van der Waals surface area contributed by atoms with Crippen molar-refractivity contribution in [3.8, 4) is 16.9 Å². The molecule has 0 saturated heterocycles. The van der Waals surface area contributed by atoms with Crippen LogP contribution >= 0.6 is 0 Å². The molecule has 1 heterocycles. The molecule has 2 rings (SSSR count). The molecule has 1 aromatic heterocycles. The minimum absolute atomic E-state index is 0.0506. The van der Waals surface area contributed by atoms with Gasteiger partial charge in [-0.3, -0.25) is 4.98 Å². The van der Waals surface area contributed by atoms with Crippen molar-refractivity contribution in [1.82, 2.24) is 4.98 Å². The van der Waals surface area contributed by atoms with Gasteiger partial charge in [0.15, 0.2) is 0 Å². The Morgan fingerprint density at radius 1 is 1.20 bits per heavy atom. The van der Waals surface area contributed by atoms with Crippen molar-refractivity contribution in [3.63, 3.8) is 0 Å². The molecule has 0 atom stereocenters. The Kier molecular flexibility index (Phi) is 2.37. The van der Waals surface area contributed by atoms with Crippen LogP contribution in [0.4, 0.5) is 4.39 Å². The highest BCUT2D eigenvalue weighted by atomic mass is 19.1.